The average Bonchev–Trinajstić information content (AvgIpc) is 2.10. The van der Waals surface area contributed by atoms with Crippen LogP contribution in [0.1, 0.15) is 27.2 Å². The number of hydrogen-bond acceptors (Lipinski definition) is 5. The molecule has 0 aromatic heterocycles. The lowest BCUT2D eigenvalue weighted by atomic mass is 10.5. The SMILES string of the molecule is CCC(=O)OCCSC(=S)OC(C)C. The molecule has 0 spiro atoms. The van der Waals surface area contributed by atoms with E-state index in [9.17, 15) is 4.79 Å². The largest absolute Gasteiger partial charge is 0.476 e. The van der Waals surface area contributed by atoms with Gasteiger partial charge in [0.25, 0.3) is 0 Å². The van der Waals surface area contributed by atoms with Crippen molar-refractivity contribution in [2.24, 2.45) is 0 Å². The summed E-state index contributed by atoms with van der Waals surface area (Å²) in [5.41, 5.74) is 0. The van der Waals surface area contributed by atoms with Crippen LogP contribution in [0.15, 0.2) is 0 Å². The molecule has 5 heteroatoms. The second-order valence-electron chi connectivity index (χ2n) is 2.84. The number of esters is 1. The fraction of sp³-hybridized carbons (Fsp3) is 0.778. The zero-order chi connectivity index (χ0) is 11.0. The van der Waals surface area contributed by atoms with Gasteiger partial charge in [-0.2, -0.15) is 0 Å². The molecule has 82 valence electrons. The van der Waals surface area contributed by atoms with E-state index in [0.717, 1.165) is 0 Å². The number of carbonyl (C=O) groups is 1. The highest BCUT2D eigenvalue weighted by Crippen LogP contribution is 2.07. The van der Waals surface area contributed by atoms with Crippen molar-refractivity contribution >= 4 is 34.3 Å². The fourth-order valence-electron chi connectivity index (χ4n) is 0.609. The predicted octanol–water partition coefficient (Wildman–Crippen LogP) is 2.38. The van der Waals surface area contributed by atoms with E-state index in [1.807, 2.05) is 13.8 Å². The molecule has 14 heavy (non-hydrogen) atoms. The summed E-state index contributed by atoms with van der Waals surface area (Å²) < 4.78 is 10.6. The van der Waals surface area contributed by atoms with Crippen molar-refractivity contribution in [3.05, 3.63) is 0 Å². The molecule has 0 unspecified atom stereocenters. The van der Waals surface area contributed by atoms with Crippen LogP contribution in [-0.4, -0.2) is 28.8 Å². The van der Waals surface area contributed by atoms with E-state index in [0.29, 0.717) is 23.2 Å². The maximum absolute atomic E-state index is 10.7. The van der Waals surface area contributed by atoms with Gasteiger partial charge in [-0.05, 0) is 26.1 Å². The third kappa shape index (κ3) is 8.31. The molecule has 0 aliphatic rings. The molecule has 0 aliphatic carbocycles. The first-order valence-electron chi connectivity index (χ1n) is 4.55. The van der Waals surface area contributed by atoms with Crippen LogP contribution < -0.4 is 0 Å². The van der Waals surface area contributed by atoms with Crippen molar-refractivity contribution in [3.8, 4) is 0 Å². The maximum atomic E-state index is 10.7. The Kier molecular flexibility index (Phi) is 7.89. The van der Waals surface area contributed by atoms with Crippen LogP contribution in [0.5, 0.6) is 0 Å². The predicted molar refractivity (Wildman–Crippen MR) is 62.5 cm³/mol. The molecule has 0 aromatic carbocycles. The summed E-state index contributed by atoms with van der Waals surface area (Å²) in [4.78, 5) is 10.7. The molecule has 0 bridgehead atoms. The molecule has 0 aliphatic heterocycles. The Hall–Kier alpha value is -0.290. The van der Waals surface area contributed by atoms with Gasteiger partial charge in [-0.15, -0.1) is 0 Å². The fourth-order valence-corrected chi connectivity index (χ4v) is 1.65. The maximum Gasteiger partial charge on any atom is 0.305 e. The summed E-state index contributed by atoms with van der Waals surface area (Å²) in [6, 6.07) is 0. The Balaban J connectivity index is 3.36. The first-order valence-corrected chi connectivity index (χ1v) is 5.94. The molecule has 0 saturated carbocycles. The topological polar surface area (TPSA) is 35.5 Å². The highest BCUT2D eigenvalue weighted by atomic mass is 32.2. The van der Waals surface area contributed by atoms with Gasteiger partial charge in [-0.25, -0.2) is 0 Å². The molecule has 0 N–H and O–H groups in total. The Labute approximate surface area is 94.5 Å². The van der Waals surface area contributed by atoms with E-state index in [1.165, 1.54) is 11.8 Å². The quantitative estimate of drug-likeness (QED) is 0.416. The lowest BCUT2D eigenvalue weighted by Crippen LogP contribution is -2.10. The van der Waals surface area contributed by atoms with Gasteiger partial charge in [0.15, 0.2) is 0 Å². The van der Waals surface area contributed by atoms with E-state index in [1.54, 1.807) is 6.92 Å². The smallest absolute Gasteiger partial charge is 0.305 e. The molecule has 0 saturated heterocycles. The summed E-state index contributed by atoms with van der Waals surface area (Å²) in [5.74, 6) is 0.471. The van der Waals surface area contributed by atoms with Crippen molar-refractivity contribution in [2.45, 2.75) is 33.3 Å². The lowest BCUT2D eigenvalue weighted by Gasteiger charge is -2.09. The third-order valence-corrected chi connectivity index (χ3v) is 2.34. The summed E-state index contributed by atoms with van der Waals surface area (Å²) >= 11 is 6.33. The number of rotatable bonds is 5. The molecular formula is C9H16O3S2. The summed E-state index contributed by atoms with van der Waals surface area (Å²) in [6.07, 6.45) is 0.519. The van der Waals surface area contributed by atoms with E-state index in [2.05, 4.69) is 0 Å². The van der Waals surface area contributed by atoms with Gasteiger partial charge in [0.2, 0.25) is 4.38 Å². The first-order chi connectivity index (χ1) is 6.56. The van der Waals surface area contributed by atoms with Crippen molar-refractivity contribution in [1.29, 1.82) is 0 Å². The number of ether oxygens (including phenoxy) is 2. The van der Waals surface area contributed by atoms with Crippen LogP contribution in [0.25, 0.3) is 0 Å². The molecular weight excluding hydrogens is 220 g/mol. The minimum Gasteiger partial charge on any atom is -0.476 e. The van der Waals surface area contributed by atoms with Crippen molar-refractivity contribution in [3.63, 3.8) is 0 Å². The molecule has 3 nitrogen and oxygen atoms in total. The number of carbonyl (C=O) groups excluding carboxylic acids is 1. The first kappa shape index (κ1) is 13.7. The number of thioether (sulfide) groups is 1. The Bertz CT molecular complexity index is 192. The van der Waals surface area contributed by atoms with Crippen molar-refractivity contribution < 1.29 is 14.3 Å². The zero-order valence-electron chi connectivity index (χ0n) is 8.74. The molecule has 0 radical (unpaired) electrons. The zero-order valence-corrected chi connectivity index (χ0v) is 10.4. The molecule has 0 amide bonds. The Morgan fingerprint density at radius 2 is 2.14 bits per heavy atom. The number of thiocarbonyl (C=S) groups is 1. The van der Waals surface area contributed by atoms with E-state index >= 15 is 0 Å². The average molecular weight is 236 g/mol. The van der Waals surface area contributed by atoms with Crippen LogP contribution in [0, 0.1) is 0 Å². The summed E-state index contributed by atoms with van der Waals surface area (Å²) in [6.45, 7) is 5.99. The highest BCUT2D eigenvalue weighted by Gasteiger charge is 2.03. The van der Waals surface area contributed by atoms with Gasteiger partial charge in [-0.3, -0.25) is 4.79 Å². The lowest BCUT2D eigenvalue weighted by molar-refractivity contribution is -0.142. The van der Waals surface area contributed by atoms with Crippen LogP contribution >= 0.6 is 24.0 Å². The van der Waals surface area contributed by atoms with Gasteiger partial charge in [0, 0.05) is 12.2 Å². The van der Waals surface area contributed by atoms with Gasteiger partial charge in [-0.1, -0.05) is 18.7 Å². The highest BCUT2D eigenvalue weighted by molar-refractivity contribution is 8.22. The van der Waals surface area contributed by atoms with Crippen molar-refractivity contribution in [2.75, 3.05) is 12.4 Å². The summed E-state index contributed by atoms with van der Waals surface area (Å²) in [7, 11) is 0. The minimum atomic E-state index is -0.179. The van der Waals surface area contributed by atoms with Gasteiger partial charge in [0.1, 0.15) is 6.61 Å². The molecule has 0 rings (SSSR count). The molecule has 0 fully saturated rings. The monoisotopic (exact) mass is 236 g/mol. The minimum absolute atomic E-state index is 0.105. The normalized spacial score (nSPS) is 10.0. The van der Waals surface area contributed by atoms with Gasteiger partial charge < -0.3 is 9.47 Å². The van der Waals surface area contributed by atoms with Crippen LogP contribution in [0.3, 0.4) is 0 Å². The molecule has 0 atom stereocenters. The van der Waals surface area contributed by atoms with Crippen LogP contribution in [0.4, 0.5) is 0 Å². The van der Waals surface area contributed by atoms with Crippen LogP contribution in [0.2, 0.25) is 0 Å². The van der Waals surface area contributed by atoms with E-state index in [4.69, 9.17) is 21.7 Å². The van der Waals surface area contributed by atoms with Gasteiger partial charge >= 0.3 is 5.97 Å². The van der Waals surface area contributed by atoms with E-state index in [-0.39, 0.29) is 12.1 Å². The van der Waals surface area contributed by atoms with Crippen molar-refractivity contribution in [1.82, 2.24) is 0 Å². The third-order valence-electron chi connectivity index (χ3n) is 1.19. The standard InChI is InChI=1S/C9H16O3S2/c1-4-8(10)11-5-6-14-9(13)12-7(2)3/h7H,4-6H2,1-3H3. The summed E-state index contributed by atoms with van der Waals surface area (Å²) in [5, 5.41) is 0. The van der Waals surface area contributed by atoms with Gasteiger partial charge in [0.05, 0.1) is 6.10 Å². The van der Waals surface area contributed by atoms with Crippen LogP contribution in [-0.2, 0) is 14.3 Å². The number of hydrogen-bond donors (Lipinski definition) is 0. The Morgan fingerprint density at radius 1 is 1.50 bits per heavy atom. The molecule has 0 aromatic rings. The second kappa shape index (κ2) is 8.05. The second-order valence-corrected chi connectivity index (χ2v) is 4.54. The molecule has 0 heterocycles. The van der Waals surface area contributed by atoms with E-state index < -0.39 is 0 Å². The Morgan fingerprint density at radius 3 is 2.64 bits per heavy atom.